The molecule has 0 saturated carbocycles. The summed E-state index contributed by atoms with van der Waals surface area (Å²) in [4.78, 5) is 2.43. The number of fused-ring (bicyclic) bond motifs is 4. The van der Waals surface area contributed by atoms with Gasteiger partial charge in [0.15, 0.2) is 8.07 Å². The molecule has 0 spiro atoms. The SMILES string of the molecule is c1ccc(-c2cccc(N(c3ccc(-c4ccc(-n5c6ccccc6c6cc7ccccc7cc65)cc4)cc3)c3cccc([Si](c4ccccc4)(c4ccccc4)c4ccccc4)c3)c2)cc1. The molecule has 11 aromatic carbocycles. The molecule has 0 fully saturated rings. The Labute approximate surface area is 392 Å². The molecule has 0 radical (unpaired) electrons. The third-order valence-electron chi connectivity index (χ3n) is 13.5. The van der Waals surface area contributed by atoms with Gasteiger partial charge in [0.25, 0.3) is 0 Å². The topological polar surface area (TPSA) is 8.17 Å². The van der Waals surface area contributed by atoms with Crippen LogP contribution in [-0.2, 0) is 0 Å². The molecular formula is C64H46N2Si. The van der Waals surface area contributed by atoms with E-state index >= 15 is 0 Å². The Morgan fingerprint density at radius 2 is 0.731 bits per heavy atom. The molecule has 3 heteroatoms. The van der Waals surface area contributed by atoms with E-state index in [0.717, 1.165) is 22.7 Å². The monoisotopic (exact) mass is 870 g/mol. The van der Waals surface area contributed by atoms with Crippen molar-refractivity contribution in [3.8, 4) is 27.9 Å². The molecule has 67 heavy (non-hydrogen) atoms. The fourth-order valence-corrected chi connectivity index (χ4v) is 15.2. The van der Waals surface area contributed by atoms with Gasteiger partial charge >= 0.3 is 0 Å². The Morgan fingerprint density at radius 1 is 0.269 bits per heavy atom. The first kappa shape index (κ1) is 40.0. The van der Waals surface area contributed by atoms with E-state index < -0.39 is 8.07 Å². The molecular weight excluding hydrogens is 825 g/mol. The number of hydrogen-bond acceptors (Lipinski definition) is 1. The second kappa shape index (κ2) is 17.1. The molecule has 1 heterocycles. The van der Waals surface area contributed by atoms with Gasteiger partial charge in [-0.2, -0.15) is 0 Å². The van der Waals surface area contributed by atoms with Crippen molar-refractivity contribution in [3.05, 3.63) is 279 Å². The largest absolute Gasteiger partial charge is 0.310 e. The molecule has 316 valence electrons. The van der Waals surface area contributed by atoms with Gasteiger partial charge in [0.1, 0.15) is 0 Å². The van der Waals surface area contributed by atoms with Crippen LogP contribution in [0.15, 0.2) is 279 Å². The minimum atomic E-state index is -2.79. The van der Waals surface area contributed by atoms with Gasteiger partial charge in [-0.3, -0.25) is 0 Å². The van der Waals surface area contributed by atoms with Crippen LogP contribution in [-0.4, -0.2) is 12.6 Å². The van der Waals surface area contributed by atoms with Crippen LogP contribution >= 0.6 is 0 Å². The van der Waals surface area contributed by atoms with Gasteiger partial charge in [0, 0.05) is 33.5 Å². The van der Waals surface area contributed by atoms with Crippen molar-refractivity contribution >= 4 is 78.5 Å². The summed E-state index contributed by atoms with van der Waals surface area (Å²) in [5, 5.41) is 10.4. The third kappa shape index (κ3) is 7.14. The molecule has 0 saturated heterocycles. The Bertz CT molecular complexity index is 3560. The Morgan fingerprint density at radius 3 is 1.36 bits per heavy atom. The van der Waals surface area contributed by atoms with Crippen LogP contribution in [0, 0.1) is 0 Å². The lowest BCUT2D eigenvalue weighted by Crippen LogP contribution is -2.74. The molecule has 2 nitrogen and oxygen atoms in total. The lowest BCUT2D eigenvalue weighted by atomic mass is 10.0. The lowest BCUT2D eigenvalue weighted by molar-refractivity contribution is 1.18. The molecule has 0 amide bonds. The van der Waals surface area contributed by atoms with Crippen molar-refractivity contribution in [2.24, 2.45) is 0 Å². The van der Waals surface area contributed by atoms with E-state index in [1.165, 1.54) is 75.6 Å². The van der Waals surface area contributed by atoms with Crippen LogP contribution < -0.4 is 25.6 Å². The molecule has 0 aliphatic rings. The fourth-order valence-electron chi connectivity index (χ4n) is 10.4. The van der Waals surface area contributed by atoms with Gasteiger partial charge in [0.05, 0.1) is 11.0 Å². The van der Waals surface area contributed by atoms with Crippen LogP contribution in [0.2, 0.25) is 0 Å². The van der Waals surface area contributed by atoms with E-state index in [9.17, 15) is 0 Å². The van der Waals surface area contributed by atoms with Crippen molar-refractivity contribution in [1.82, 2.24) is 4.57 Å². The third-order valence-corrected chi connectivity index (χ3v) is 18.3. The summed E-state index contributed by atoms with van der Waals surface area (Å²) in [6.07, 6.45) is 0. The van der Waals surface area contributed by atoms with Crippen LogP contribution in [0.3, 0.4) is 0 Å². The number of hydrogen-bond donors (Lipinski definition) is 0. The summed E-state index contributed by atoms with van der Waals surface area (Å²) in [6.45, 7) is 0. The van der Waals surface area contributed by atoms with Gasteiger partial charge in [-0.25, -0.2) is 0 Å². The van der Waals surface area contributed by atoms with E-state index in [2.05, 4.69) is 289 Å². The van der Waals surface area contributed by atoms with Crippen LogP contribution in [0.4, 0.5) is 17.1 Å². The minimum Gasteiger partial charge on any atom is -0.310 e. The summed E-state index contributed by atoms with van der Waals surface area (Å²) >= 11 is 0. The fraction of sp³-hybridized carbons (Fsp3) is 0. The number of para-hydroxylation sites is 1. The summed E-state index contributed by atoms with van der Waals surface area (Å²) < 4.78 is 2.41. The van der Waals surface area contributed by atoms with Crippen molar-refractivity contribution in [1.29, 1.82) is 0 Å². The first-order chi connectivity index (χ1) is 33.2. The van der Waals surface area contributed by atoms with Gasteiger partial charge in [-0.15, -0.1) is 0 Å². The summed E-state index contributed by atoms with van der Waals surface area (Å²) in [5.74, 6) is 0. The van der Waals surface area contributed by atoms with E-state index in [1.54, 1.807) is 0 Å². The maximum Gasteiger partial charge on any atom is 0.179 e. The molecule has 0 atom stereocenters. The highest BCUT2D eigenvalue weighted by Crippen LogP contribution is 2.39. The molecule has 12 aromatic rings. The predicted molar refractivity (Wildman–Crippen MR) is 287 cm³/mol. The van der Waals surface area contributed by atoms with Crippen LogP contribution in [0.1, 0.15) is 0 Å². The van der Waals surface area contributed by atoms with Crippen molar-refractivity contribution < 1.29 is 0 Å². The summed E-state index contributed by atoms with van der Waals surface area (Å²) in [5.41, 5.74) is 11.6. The lowest BCUT2D eigenvalue weighted by Gasteiger charge is -2.35. The average molecular weight is 871 g/mol. The summed E-state index contributed by atoms with van der Waals surface area (Å²) in [7, 11) is -2.79. The number of nitrogens with zero attached hydrogens (tertiary/aromatic N) is 2. The van der Waals surface area contributed by atoms with Crippen LogP contribution in [0.5, 0.6) is 0 Å². The number of benzene rings is 11. The quantitative estimate of drug-likeness (QED) is 0.0982. The van der Waals surface area contributed by atoms with Gasteiger partial charge < -0.3 is 9.47 Å². The highest BCUT2D eigenvalue weighted by atomic mass is 28.3. The van der Waals surface area contributed by atoms with Crippen molar-refractivity contribution in [3.63, 3.8) is 0 Å². The van der Waals surface area contributed by atoms with E-state index in [4.69, 9.17) is 0 Å². The zero-order valence-corrected chi connectivity index (χ0v) is 38.0. The Hall–Kier alpha value is -8.50. The molecule has 0 aliphatic carbocycles. The molecule has 0 unspecified atom stereocenters. The zero-order valence-electron chi connectivity index (χ0n) is 37.0. The number of rotatable bonds is 10. The van der Waals surface area contributed by atoms with E-state index in [1.807, 2.05) is 0 Å². The first-order valence-electron chi connectivity index (χ1n) is 23.1. The van der Waals surface area contributed by atoms with Crippen LogP contribution in [0.25, 0.3) is 60.5 Å². The normalized spacial score (nSPS) is 11.6. The molecule has 12 rings (SSSR count). The summed E-state index contributed by atoms with van der Waals surface area (Å²) in [6, 6.07) is 103. The molecule has 0 aliphatic heterocycles. The highest BCUT2D eigenvalue weighted by molar-refractivity contribution is 7.19. The second-order valence-electron chi connectivity index (χ2n) is 17.3. The molecule has 0 bridgehead atoms. The van der Waals surface area contributed by atoms with E-state index in [0.29, 0.717) is 0 Å². The standard InChI is InChI=1S/C64H46N2Si/c1-5-19-47(20-6-1)50-23-17-24-55(43-50)65(56-25-18-32-60(46-56)67(57-26-7-2-8-27-57,58-28-9-3-10-29-58)59-30-11-4-12-31-59)53-39-35-48(36-40-53)49-37-41-54(42-38-49)66-63-34-16-15-33-61(63)62-44-51-21-13-14-22-52(51)45-64(62)66/h1-46H. The van der Waals surface area contributed by atoms with Gasteiger partial charge in [-0.1, -0.05) is 212 Å². The maximum atomic E-state index is 2.46. The molecule has 1 aromatic heterocycles. The highest BCUT2D eigenvalue weighted by Gasteiger charge is 2.41. The first-order valence-corrected chi connectivity index (χ1v) is 25.1. The predicted octanol–water partition coefficient (Wildman–Crippen LogP) is 14.1. The van der Waals surface area contributed by atoms with Crippen molar-refractivity contribution in [2.75, 3.05) is 4.90 Å². The maximum absolute atomic E-state index is 2.79. The smallest absolute Gasteiger partial charge is 0.179 e. The minimum absolute atomic E-state index is 1.09. The van der Waals surface area contributed by atoms with E-state index in [-0.39, 0.29) is 0 Å². The number of aromatic nitrogens is 1. The van der Waals surface area contributed by atoms with Gasteiger partial charge in [-0.05, 0) is 121 Å². The van der Waals surface area contributed by atoms with Gasteiger partial charge in [0.2, 0.25) is 0 Å². The zero-order chi connectivity index (χ0) is 44.6. The number of anilines is 3. The molecule has 0 N–H and O–H groups in total. The Balaban J connectivity index is 0.973. The average Bonchev–Trinajstić information content (AvgIpc) is 3.73. The Kier molecular flexibility index (Phi) is 10.2. The van der Waals surface area contributed by atoms with Crippen molar-refractivity contribution in [2.45, 2.75) is 0 Å². The second-order valence-corrected chi connectivity index (χ2v) is 21.1.